The molecule has 0 unspecified atom stereocenters. The molecule has 1 aliphatic carbocycles. The maximum absolute atomic E-state index is 11.8. The zero-order valence-electron chi connectivity index (χ0n) is 10.7. The molecule has 1 aromatic heterocycles. The summed E-state index contributed by atoms with van der Waals surface area (Å²) in [6.45, 7) is 0. The quantitative estimate of drug-likeness (QED) is 0.854. The van der Waals surface area contributed by atoms with Crippen LogP contribution in [0.5, 0.6) is 0 Å². The lowest BCUT2D eigenvalue weighted by Gasteiger charge is -1.96. The molecule has 3 nitrogen and oxygen atoms in total. The predicted octanol–water partition coefficient (Wildman–Crippen LogP) is 4.33. The Morgan fingerprint density at radius 2 is 2.10 bits per heavy atom. The van der Waals surface area contributed by atoms with Gasteiger partial charge in [-0.3, -0.25) is 10.1 Å². The molecule has 1 heterocycles. The Hall–Kier alpha value is -1.65. The highest BCUT2D eigenvalue weighted by atomic mass is 35.5. The van der Waals surface area contributed by atoms with Crippen LogP contribution in [0.15, 0.2) is 35.7 Å². The van der Waals surface area contributed by atoms with Crippen molar-refractivity contribution >= 4 is 40.1 Å². The van der Waals surface area contributed by atoms with Gasteiger partial charge in [0.1, 0.15) is 0 Å². The van der Waals surface area contributed by atoms with Crippen LogP contribution in [0.25, 0.3) is 6.08 Å². The van der Waals surface area contributed by atoms with Crippen LogP contribution in [0.1, 0.15) is 30.0 Å². The van der Waals surface area contributed by atoms with Gasteiger partial charge in [-0.25, -0.2) is 4.98 Å². The number of thiazole rings is 1. The minimum Gasteiger partial charge on any atom is -0.298 e. The Labute approximate surface area is 126 Å². The zero-order chi connectivity index (χ0) is 13.9. The van der Waals surface area contributed by atoms with Crippen molar-refractivity contribution in [2.75, 3.05) is 5.32 Å². The molecular formula is C15H13ClN2OS. The van der Waals surface area contributed by atoms with E-state index in [9.17, 15) is 4.79 Å². The van der Waals surface area contributed by atoms with Gasteiger partial charge in [0.05, 0.1) is 5.69 Å². The van der Waals surface area contributed by atoms with Crippen LogP contribution in [0, 0.1) is 0 Å². The van der Waals surface area contributed by atoms with Crippen molar-refractivity contribution in [1.29, 1.82) is 0 Å². The lowest BCUT2D eigenvalue weighted by molar-refractivity contribution is -0.111. The van der Waals surface area contributed by atoms with Gasteiger partial charge in [-0.2, -0.15) is 0 Å². The number of benzene rings is 1. The Morgan fingerprint density at radius 3 is 2.80 bits per heavy atom. The molecule has 0 atom stereocenters. The summed E-state index contributed by atoms with van der Waals surface area (Å²) < 4.78 is 0. The molecule has 102 valence electrons. The highest BCUT2D eigenvalue weighted by Crippen LogP contribution is 2.40. The summed E-state index contributed by atoms with van der Waals surface area (Å²) in [6, 6.07) is 7.31. The summed E-state index contributed by atoms with van der Waals surface area (Å²) >= 11 is 7.28. The molecule has 2 aromatic rings. The van der Waals surface area contributed by atoms with Crippen molar-refractivity contribution in [2.24, 2.45) is 0 Å². The minimum atomic E-state index is -0.170. The number of hydrogen-bond donors (Lipinski definition) is 1. The number of hydrogen-bond acceptors (Lipinski definition) is 3. The summed E-state index contributed by atoms with van der Waals surface area (Å²) in [4.78, 5) is 16.2. The molecule has 5 heteroatoms. The summed E-state index contributed by atoms with van der Waals surface area (Å²) in [7, 11) is 0. The highest BCUT2D eigenvalue weighted by Gasteiger charge is 2.26. The second-order valence-corrected chi connectivity index (χ2v) is 6.02. The number of nitrogens with one attached hydrogen (secondary N) is 1. The fourth-order valence-corrected chi connectivity index (χ4v) is 2.72. The zero-order valence-corrected chi connectivity index (χ0v) is 12.2. The molecule has 0 radical (unpaired) electrons. The van der Waals surface area contributed by atoms with E-state index in [4.69, 9.17) is 11.6 Å². The second-order valence-electron chi connectivity index (χ2n) is 4.73. The van der Waals surface area contributed by atoms with Gasteiger partial charge in [-0.05, 0) is 36.6 Å². The fourth-order valence-electron chi connectivity index (χ4n) is 1.80. The van der Waals surface area contributed by atoms with E-state index in [1.54, 1.807) is 18.2 Å². The average Bonchev–Trinajstić information content (AvgIpc) is 3.19. The molecule has 1 aromatic carbocycles. The van der Waals surface area contributed by atoms with Crippen molar-refractivity contribution in [3.63, 3.8) is 0 Å². The van der Waals surface area contributed by atoms with Crippen LogP contribution < -0.4 is 5.32 Å². The lowest BCUT2D eigenvalue weighted by Crippen LogP contribution is -2.07. The molecule has 0 saturated heterocycles. The number of anilines is 1. The molecule has 1 N–H and O–H groups in total. The van der Waals surface area contributed by atoms with Crippen LogP contribution >= 0.6 is 22.9 Å². The van der Waals surface area contributed by atoms with Gasteiger partial charge in [-0.1, -0.05) is 23.7 Å². The molecule has 1 amide bonds. The summed E-state index contributed by atoms with van der Waals surface area (Å²) in [5, 5.41) is 6.15. The monoisotopic (exact) mass is 304 g/mol. The largest absolute Gasteiger partial charge is 0.298 e. The van der Waals surface area contributed by atoms with E-state index in [0.29, 0.717) is 16.1 Å². The van der Waals surface area contributed by atoms with E-state index in [1.165, 1.54) is 30.3 Å². The van der Waals surface area contributed by atoms with E-state index in [1.807, 2.05) is 17.5 Å². The number of aromatic nitrogens is 1. The molecule has 1 fully saturated rings. The molecule has 0 bridgehead atoms. The SMILES string of the molecule is O=C(C=Cc1ccc(Cl)cc1)Nc1nc(C2CC2)cs1. The molecule has 20 heavy (non-hydrogen) atoms. The normalized spacial score (nSPS) is 14.7. The van der Waals surface area contributed by atoms with Crippen molar-refractivity contribution < 1.29 is 4.79 Å². The first-order valence-corrected chi connectivity index (χ1v) is 7.66. The Kier molecular flexibility index (Phi) is 3.85. The van der Waals surface area contributed by atoms with Crippen molar-refractivity contribution in [3.8, 4) is 0 Å². The average molecular weight is 305 g/mol. The smallest absolute Gasteiger partial charge is 0.250 e. The van der Waals surface area contributed by atoms with Crippen LogP contribution in [-0.2, 0) is 4.79 Å². The number of amides is 1. The van der Waals surface area contributed by atoms with Crippen LogP contribution in [0.2, 0.25) is 5.02 Å². The summed E-state index contributed by atoms with van der Waals surface area (Å²) in [5.74, 6) is 0.443. The molecule has 1 aliphatic rings. The number of carbonyl (C=O) groups is 1. The Bertz CT molecular complexity index is 644. The van der Waals surface area contributed by atoms with E-state index in [2.05, 4.69) is 10.3 Å². The van der Waals surface area contributed by atoms with E-state index in [0.717, 1.165) is 11.3 Å². The van der Waals surface area contributed by atoms with Crippen molar-refractivity contribution in [2.45, 2.75) is 18.8 Å². The van der Waals surface area contributed by atoms with E-state index in [-0.39, 0.29) is 5.91 Å². The van der Waals surface area contributed by atoms with Gasteiger partial charge in [0.15, 0.2) is 5.13 Å². The van der Waals surface area contributed by atoms with Gasteiger partial charge < -0.3 is 0 Å². The number of carbonyl (C=O) groups excluding carboxylic acids is 1. The molecule has 1 saturated carbocycles. The lowest BCUT2D eigenvalue weighted by atomic mass is 10.2. The fraction of sp³-hybridized carbons (Fsp3) is 0.200. The van der Waals surface area contributed by atoms with Crippen molar-refractivity contribution in [3.05, 3.63) is 52.0 Å². The van der Waals surface area contributed by atoms with Gasteiger partial charge in [-0.15, -0.1) is 11.3 Å². The van der Waals surface area contributed by atoms with E-state index < -0.39 is 0 Å². The van der Waals surface area contributed by atoms with Gasteiger partial charge in [0, 0.05) is 22.4 Å². The third kappa shape index (κ3) is 3.46. The van der Waals surface area contributed by atoms with Crippen molar-refractivity contribution in [1.82, 2.24) is 4.98 Å². The first-order chi connectivity index (χ1) is 9.70. The first-order valence-electron chi connectivity index (χ1n) is 6.41. The maximum atomic E-state index is 11.8. The predicted molar refractivity (Wildman–Crippen MR) is 83.2 cm³/mol. The summed E-state index contributed by atoms with van der Waals surface area (Å²) in [6.07, 6.45) is 5.68. The molecular weight excluding hydrogens is 292 g/mol. The molecule has 3 rings (SSSR count). The maximum Gasteiger partial charge on any atom is 0.250 e. The Morgan fingerprint density at radius 1 is 1.35 bits per heavy atom. The van der Waals surface area contributed by atoms with Gasteiger partial charge in [0.2, 0.25) is 5.91 Å². The number of rotatable bonds is 4. The second kappa shape index (κ2) is 5.77. The third-order valence-electron chi connectivity index (χ3n) is 3.04. The third-order valence-corrected chi connectivity index (χ3v) is 4.07. The van der Waals surface area contributed by atoms with Gasteiger partial charge in [0.25, 0.3) is 0 Å². The summed E-state index contributed by atoms with van der Waals surface area (Å²) in [5.41, 5.74) is 2.04. The molecule has 0 spiro atoms. The van der Waals surface area contributed by atoms with Crippen LogP contribution in [0.4, 0.5) is 5.13 Å². The standard InChI is InChI=1S/C15H13ClN2OS/c16-12-6-1-10(2-7-12)3-8-14(19)18-15-17-13(9-20-15)11-4-5-11/h1-3,6-9,11H,4-5H2,(H,17,18,19). The molecule has 0 aliphatic heterocycles. The topological polar surface area (TPSA) is 42.0 Å². The first kappa shape index (κ1) is 13.3. The van der Waals surface area contributed by atoms with E-state index >= 15 is 0 Å². The number of halogens is 1. The highest BCUT2D eigenvalue weighted by molar-refractivity contribution is 7.14. The number of nitrogens with zero attached hydrogens (tertiary/aromatic N) is 1. The van der Waals surface area contributed by atoms with Crippen LogP contribution in [-0.4, -0.2) is 10.9 Å². The van der Waals surface area contributed by atoms with Gasteiger partial charge >= 0.3 is 0 Å². The van der Waals surface area contributed by atoms with Crippen LogP contribution in [0.3, 0.4) is 0 Å². The Balaban J connectivity index is 1.59. The minimum absolute atomic E-state index is 0.170.